The van der Waals surface area contributed by atoms with Gasteiger partial charge in [-0.15, -0.1) is 0 Å². The van der Waals surface area contributed by atoms with Gasteiger partial charge in [0.2, 0.25) is 0 Å². The zero-order valence-corrected chi connectivity index (χ0v) is 11.8. The topological polar surface area (TPSA) is 46.5 Å². The molecule has 1 aliphatic heterocycles. The molecule has 0 aromatic heterocycles. The Kier molecular flexibility index (Phi) is 2.66. The van der Waals surface area contributed by atoms with Gasteiger partial charge < -0.3 is 9.84 Å². The standard InChI is InChI=1S/C14H15BrO3/c1-8-4-9-5-10(15)6-11(13(9)18-8)14(2-3-14)7-12(16)17/h5-6,8H,2-4,7H2,1H3,(H,16,17). The van der Waals surface area contributed by atoms with Crippen LogP contribution in [0.2, 0.25) is 0 Å². The molecule has 4 heteroatoms. The summed E-state index contributed by atoms with van der Waals surface area (Å²) in [6.07, 6.45) is 3.19. The van der Waals surface area contributed by atoms with Crippen LogP contribution < -0.4 is 4.74 Å². The second kappa shape index (κ2) is 3.98. The highest BCUT2D eigenvalue weighted by atomic mass is 79.9. The Morgan fingerprint density at radius 3 is 2.89 bits per heavy atom. The molecule has 0 spiro atoms. The van der Waals surface area contributed by atoms with Crippen molar-refractivity contribution in [1.82, 2.24) is 0 Å². The number of benzene rings is 1. The van der Waals surface area contributed by atoms with Crippen LogP contribution in [0.5, 0.6) is 5.75 Å². The van der Waals surface area contributed by atoms with Gasteiger partial charge in [0.25, 0.3) is 0 Å². The number of carbonyl (C=O) groups is 1. The van der Waals surface area contributed by atoms with E-state index in [4.69, 9.17) is 9.84 Å². The van der Waals surface area contributed by atoms with Crippen LogP contribution >= 0.6 is 15.9 Å². The molecule has 0 saturated heterocycles. The van der Waals surface area contributed by atoms with Crippen molar-refractivity contribution < 1.29 is 14.6 Å². The van der Waals surface area contributed by atoms with Crippen molar-refractivity contribution in [2.24, 2.45) is 0 Å². The number of ether oxygens (including phenoxy) is 1. The van der Waals surface area contributed by atoms with Gasteiger partial charge in [0.15, 0.2) is 0 Å². The molecule has 1 aliphatic carbocycles. The lowest BCUT2D eigenvalue weighted by molar-refractivity contribution is -0.137. The van der Waals surface area contributed by atoms with Gasteiger partial charge in [-0.3, -0.25) is 4.79 Å². The zero-order chi connectivity index (χ0) is 12.9. The Balaban J connectivity index is 2.05. The fourth-order valence-electron chi connectivity index (χ4n) is 2.87. The van der Waals surface area contributed by atoms with E-state index in [1.165, 1.54) is 5.56 Å². The summed E-state index contributed by atoms with van der Waals surface area (Å²) in [4.78, 5) is 11.0. The fourth-order valence-corrected chi connectivity index (χ4v) is 3.37. The maximum absolute atomic E-state index is 11.0. The monoisotopic (exact) mass is 310 g/mol. The molecule has 18 heavy (non-hydrogen) atoms. The van der Waals surface area contributed by atoms with Gasteiger partial charge in [-0.25, -0.2) is 0 Å². The van der Waals surface area contributed by atoms with Crippen molar-refractivity contribution in [3.05, 3.63) is 27.7 Å². The third-order valence-electron chi connectivity index (χ3n) is 3.87. The third-order valence-corrected chi connectivity index (χ3v) is 4.33. The molecular formula is C14H15BrO3. The van der Waals surface area contributed by atoms with Crippen LogP contribution in [-0.4, -0.2) is 17.2 Å². The number of halogens is 1. The maximum atomic E-state index is 11.0. The van der Waals surface area contributed by atoms with E-state index >= 15 is 0 Å². The summed E-state index contributed by atoms with van der Waals surface area (Å²) in [5, 5.41) is 9.07. The van der Waals surface area contributed by atoms with Crippen LogP contribution in [0.4, 0.5) is 0 Å². The van der Waals surface area contributed by atoms with Crippen molar-refractivity contribution >= 4 is 21.9 Å². The number of rotatable bonds is 3. The van der Waals surface area contributed by atoms with E-state index in [-0.39, 0.29) is 17.9 Å². The predicted molar refractivity (Wildman–Crippen MR) is 71.1 cm³/mol. The van der Waals surface area contributed by atoms with E-state index in [1.807, 2.05) is 6.07 Å². The van der Waals surface area contributed by atoms with Gasteiger partial charge >= 0.3 is 5.97 Å². The average Bonchev–Trinajstić information content (AvgIpc) is 2.91. The first-order valence-corrected chi connectivity index (χ1v) is 7.01. The van der Waals surface area contributed by atoms with Crippen LogP contribution in [0.1, 0.15) is 37.3 Å². The highest BCUT2D eigenvalue weighted by Crippen LogP contribution is 2.56. The maximum Gasteiger partial charge on any atom is 0.304 e. The Morgan fingerprint density at radius 1 is 1.56 bits per heavy atom. The molecule has 1 N–H and O–H groups in total. The van der Waals surface area contributed by atoms with Crippen LogP contribution in [-0.2, 0) is 16.6 Å². The summed E-state index contributed by atoms with van der Waals surface area (Å²) in [7, 11) is 0. The van der Waals surface area contributed by atoms with Crippen LogP contribution in [0, 0.1) is 0 Å². The van der Waals surface area contributed by atoms with Crippen molar-refractivity contribution in [3.8, 4) is 5.75 Å². The normalized spacial score (nSPS) is 23.3. The largest absolute Gasteiger partial charge is 0.490 e. The second-order valence-corrected chi connectivity index (χ2v) is 6.34. The van der Waals surface area contributed by atoms with Crippen molar-refractivity contribution in [3.63, 3.8) is 0 Å². The molecule has 1 fully saturated rings. The molecule has 3 rings (SSSR count). The summed E-state index contributed by atoms with van der Waals surface area (Å²) in [6.45, 7) is 2.05. The third kappa shape index (κ3) is 1.92. The smallest absolute Gasteiger partial charge is 0.304 e. The van der Waals surface area contributed by atoms with Crippen molar-refractivity contribution in [2.75, 3.05) is 0 Å². The summed E-state index contributed by atoms with van der Waals surface area (Å²) in [5.41, 5.74) is 2.09. The number of carboxylic acids is 1. The molecule has 1 saturated carbocycles. The lowest BCUT2D eigenvalue weighted by Crippen LogP contribution is -2.15. The van der Waals surface area contributed by atoms with Gasteiger partial charge in [-0.2, -0.15) is 0 Å². The molecule has 96 valence electrons. The van der Waals surface area contributed by atoms with E-state index in [2.05, 4.69) is 28.9 Å². The minimum Gasteiger partial charge on any atom is -0.490 e. The number of carboxylic acid groups (broad SMARTS) is 1. The molecule has 1 aromatic carbocycles. The van der Waals surface area contributed by atoms with Crippen LogP contribution in [0.25, 0.3) is 0 Å². The summed E-state index contributed by atoms with van der Waals surface area (Å²) in [6, 6.07) is 4.12. The lowest BCUT2D eigenvalue weighted by atomic mass is 9.90. The van der Waals surface area contributed by atoms with Gasteiger partial charge in [0.1, 0.15) is 11.9 Å². The van der Waals surface area contributed by atoms with Gasteiger partial charge in [0, 0.05) is 21.9 Å². The minimum atomic E-state index is -0.729. The molecule has 1 atom stereocenters. The van der Waals surface area contributed by atoms with Crippen molar-refractivity contribution in [1.29, 1.82) is 0 Å². The number of fused-ring (bicyclic) bond motifs is 1. The summed E-state index contributed by atoms with van der Waals surface area (Å²) in [5.74, 6) is 0.205. The molecule has 0 bridgehead atoms. The number of hydrogen-bond donors (Lipinski definition) is 1. The van der Waals surface area contributed by atoms with Crippen LogP contribution in [0.3, 0.4) is 0 Å². The minimum absolute atomic E-state index is 0.189. The quantitative estimate of drug-likeness (QED) is 0.932. The predicted octanol–water partition coefficient (Wildman–Crippen LogP) is 3.28. The molecule has 1 unspecified atom stereocenters. The van der Waals surface area contributed by atoms with Gasteiger partial charge in [-0.1, -0.05) is 15.9 Å². The van der Waals surface area contributed by atoms with E-state index in [0.717, 1.165) is 35.0 Å². The zero-order valence-electron chi connectivity index (χ0n) is 10.2. The highest BCUT2D eigenvalue weighted by molar-refractivity contribution is 9.10. The SMILES string of the molecule is CC1Cc2cc(Br)cc(C3(CC(=O)O)CC3)c2O1. The lowest BCUT2D eigenvalue weighted by Gasteiger charge is -2.18. The molecule has 1 heterocycles. The van der Waals surface area contributed by atoms with Crippen LogP contribution in [0.15, 0.2) is 16.6 Å². The average molecular weight is 311 g/mol. The Morgan fingerprint density at radius 2 is 2.28 bits per heavy atom. The van der Waals surface area contributed by atoms with E-state index in [0.29, 0.717) is 0 Å². The first kappa shape index (κ1) is 12.0. The van der Waals surface area contributed by atoms with E-state index in [9.17, 15) is 4.79 Å². The first-order chi connectivity index (χ1) is 8.50. The molecule has 2 aliphatic rings. The fraction of sp³-hybridized carbons (Fsp3) is 0.500. The van der Waals surface area contributed by atoms with Gasteiger partial charge in [-0.05, 0) is 37.5 Å². The Bertz CT molecular complexity index is 520. The second-order valence-electron chi connectivity index (χ2n) is 5.43. The van der Waals surface area contributed by atoms with E-state index in [1.54, 1.807) is 0 Å². The van der Waals surface area contributed by atoms with E-state index < -0.39 is 5.97 Å². The molecule has 3 nitrogen and oxygen atoms in total. The molecule has 0 radical (unpaired) electrons. The molecular weight excluding hydrogens is 296 g/mol. The van der Waals surface area contributed by atoms with Gasteiger partial charge in [0.05, 0.1) is 6.42 Å². The molecule has 1 aromatic rings. The summed E-state index contributed by atoms with van der Waals surface area (Å²) >= 11 is 3.52. The Hall–Kier alpha value is -1.03. The summed E-state index contributed by atoms with van der Waals surface area (Å²) < 4.78 is 6.91. The molecule has 0 amide bonds. The number of hydrogen-bond acceptors (Lipinski definition) is 2. The van der Waals surface area contributed by atoms with Crippen molar-refractivity contribution in [2.45, 2.75) is 44.1 Å². The first-order valence-electron chi connectivity index (χ1n) is 6.21. The Labute approximate surface area is 114 Å². The highest BCUT2D eigenvalue weighted by Gasteiger charge is 2.49. The number of aliphatic carboxylic acids is 1.